The molecule has 0 unspecified atom stereocenters. The van der Waals surface area contributed by atoms with Crippen LogP contribution in [0.2, 0.25) is 0 Å². The first-order valence-corrected chi connectivity index (χ1v) is 6.00. The molecule has 6 heteroatoms. The second-order valence-electron chi connectivity index (χ2n) is 4.26. The van der Waals surface area contributed by atoms with Crippen LogP contribution in [-0.2, 0) is 13.2 Å². The average molecular weight is 280 g/mol. The van der Waals surface area contributed by atoms with Crippen LogP contribution in [-0.4, -0.2) is 24.4 Å². The van der Waals surface area contributed by atoms with Gasteiger partial charge < -0.3 is 24.1 Å². The lowest BCUT2D eigenvalue weighted by Crippen LogP contribution is -2.10. The molecule has 2 rings (SSSR count). The van der Waals surface area contributed by atoms with Gasteiger partial charge in [0.05, 0.1) is 20.8 Å². The largest absolute Gasteiger partial charge is 0.496 e. The van der Waals surface area contributed by atoms with Crippen LogP contribution in [0.25, 0.3) is 10.8 Å². The van der Waals surface area contributed by atoms with Gasteiger partial charge in [0.15, 0.2) is 0 Å². The molecular formula is C14H16O6. The summed E-state index contributed by atoms with van der Waals surface area (Å²) in [5, 5.41) is 19.5. The topological polar surface area (TPSA) is 89.1 Å². The van der Waals surface area contributed by atoms with Crippen LogP contribution in [0.1, 0.15) is 16.9 Å². The number of aliphatic hydroxyl groups excluding tert-OH is 2. The van der Waals surface area contributed by atoms with Crippen LogP contribution in [0.5, 0.6) is 11.5 Å². The number of fused-ring (bicyclic) bond motifs is 1. The lowest BCUT2D eigenvalue weighted by molar-refractivity contribution is 0.224. The van der Waals surface area contributed by atoms with Gasteiger partial charge in [0.25, 0.3) is 0 Å². The van der Waals surface area contributed by atoms with E-state index in [-0.39, 0.29) is 17.8 Å². The van der Waals surface area contributed by atoms with E-state index in [0.29, 0.717) is 28.0 Å². The molecule has 0 atom stereocenters. The zero-order valence-electron chi connectivity index (χ0n) is 11.5. The molecule has 108 valence electrons. The molecule has 1 heterocycles. The maximum atomic E-state index is 12.1. The molecule has 0 radical (unpaired) electrons. The molecule has 0 spiro atoms. The Morgan fingerprint density at radius 1 is 1.10 bits per heavy atom. The first-order valence-electron chi connectivity index (χ1n) is 6.00. The van der Waals surface area contributed by atoms with E-state index in [0.717, 1.165) is 0 Å². The summed E-state index contributed by atoms with van der Waals surface area (Å²) in [5.41, 5.74) is 0.413. The molecule has 0 aliphatic carbocycles. The molecule has 0 aliphatic heterocycles. The minimum Gasteiger partial charge on any atom is -0.496 e. The molecule has 0 saturated carbocycles. The third-order valence-corrected chi connectivity index (χ3v) is 3.30. The van der Waals surface area contributed by atoms with Gasteiger partial charge >= 0.3 is 5.63 Å². The van der Waals surface area contributed by atoms with Crippen molar-refractivity contribution < 1.29 is 24.1 Å². The Hall–Kier alpha value is -2.05. The lowest BCUT2D eigenvalue weighted by atomic mass is 9.99. The van der Waals surface area contributed by atoms with Crippen molar-refractivity contribution in [1.29, 1.82) is 0 Å². The van der Waals surface area contributed by atoms with Gasteiger partial charge in [-0.05, 0) is 12.5 Å². The van der Waals surface area contributed by atoms with Crippen LogP contribution < -0.4 is 15.1 Å². The highest BCUT2D eigenvalue weighted by Gasteiger charge is 2.20. The highest BCUT2D eigenvalue weighted by molar-refractivity contribution is 5.94. The summed E-state index contributed by atoms with van der Waals surface area (Å²) in [5.74, 6) is 0.873. The maximum absolute atomic E-state index is 12.1. The van der Waals surface area contributed by atoms with Gasteiger partial charge in [0, 0.05) is 17.0 Å². The summed E-state index contributed by atoms with van der Waals surface area (Å²) < 4.78 is 15.5. The van der Waals surface area contributed by atoms with E-state index in [4.69, 9.17) is 13.9 Å². The van der Waals surface area contributed by atoms with E-state index in [1.807, 2.05) is 0 Å². The Labute approximate surface area is 115 Å². The minimum atomic E-state index is -0.621. The summed E-state index contributed by atoms with van der Waals surface area (Å²) >= 11 is 0. The number of aryl methyl sites for hydroxylation is 1. The van der Waals surface area contributed by atoms with Gasteiger partial charge in [0.1, 0.15) is 29.3 Å². The van der Waals surface area contributed by atoms with Gasteiger partial charge in [-0.3, -0.25) is 0 Å². The zero-order valence-corrected chi connectivity index (χ0v) is 11.5. The quantitative estimate of drug-likeness (QED) is 0.872. The van der Waals surface area contributed by atoms with E-state index in [9.17, 15) is 15.0 Å². The van der Waals surface area contributed by atoms with Crippen LogP contribution >= 0.6 is 0 Å². The molecule has 0 fully saturated rings. The van der Waals surface area contributed by atoms with Crippen molar-refractivity contribution in [3.05, 3.63) is 33.4 Å². The fourth-order valence-electron chi connectivity index (χ4n) is 2.35. The molecule has 0 amide bonds. The summed E-state index contributed by atoms with van der Waals surface area (Å²) in [4.78, 5) is 12.1. The number of hydrogen-bond donors (Lipinski definition) is 2. The van der Waals surface area contributed by atoms with E-state index in [1.165, 1.54) is 14.2 Å². The Morgan fingerprint density at radius 3 is 2.25 bits per heavy atom. The fraction of sp³-hybridized carbons (Fsp3) is 0.357. The SMILES string of the molecule is COc1cc(OC)c2c(=O)oc(CO)c(CO)c2c1C. The summed E-state index contributed by atoms with van der Waals surface area (Å²) in [6.07, 6.45) is 0. The van der Waals surface area contributed by atoms with Crippen LogP contribution in [0.4, 0.5) is 0 Å². The van der Waals surface area contributed by atoms with Crippen molar-refractivity contribution in [2.75, 3.05) is 14.2 Å². The number of hydrogen-bond acceptors (Lipinski definition) is 6. The van der Waals surface area contributed by atoms with Crippen molar-refractivity contribution in [1.82, 2.24) is 0 Å². The van der Waals surface area contributed by atoms with Crippen LogP contribution in [0.3, 0.4) is 0 Å². The zero-order chi connectivity index (χ0) is 14.9. The molecule has 2 N–H and O–H groups in total. The number of ether oxygens (including phenoxy) is 2. The number of methoxy groups -OCH3 is 2. The van der Waals surface area contributed by atoms with Crippen molar-refractivity contribution in [3.8, 4) is 11.5 Å². The Morgan fingerprint density at radius 2 is 1.75 bits per heavy atom. The number of rotatable bonds is 4. The smallest absolute Gasteiger partial charge is 0.347 e. The van der Waals surface area contributed by atoms with Gasteiger partial charge in [-0.2, -0.15) is 0 Å². The monoisotopic (exact) mass is 280 g/mol. The number of aliphatic hydroxyl groups is 2. The normalized spacial score (nSPS) is 10.8. The number of benzene rings is 1. The van der Waals surface area contributed by atoms with Gasteiger partial charge in [-0.1, -0.05) is 0 Å². The molecule has 20 heavy (non-hydrogen) atoms. The van der Waals surface area contributed by atoms with Crippen LogP contribution in [0, 0.1) is 6.92 Å². The molecule has 1 aromatic carbocycles. The molecular weight excluding hydrogens is 264 g/mol. The average Bonchev–Trinajstić information content (AvgIpc) is 2.47. The first-order chi connectivity index (χ1) is 9.58. The molecule has 1 aromatic heterocycles. The van der Waals surface area contributed by atoms with E-state index in [1.54, 1.807) is 13.0 Å². The third-order valence-electron chi connectivity index (χ3n) is 3.30. The fourth-order valence-corrected chi connectivity index (χ4v) is 2.35. The Balaban J connectivity index is 3.07. The van der Waals surface area contributed by atoms with Crippen molar-refractivity contribution >= 4 is 10.8 Å². The lowest BCUT2D eigenvalue weighted by Gasteiger charge is -2.15. The predicted octanol–water partition coefficient (Wildman–Crippen LogP) is 1.10. The molecule has 2 aromatic rings. The van der Waals surface area contributed by atoms with Crippen molar-refractivity contribution in [3.63, 3.8) is 0 Å². The van der Waals surface area contributed by atoms with E-state index < -0.39 is 12.2 Å². The second-order valence-corrected chi connectivity index (χ2v) is 4.26. The summed E-state index contributed by atoms with van der Waals surface area (Å²) in [6, 6.07) is 1.59. The summed E-state index contributed by atoms with van der Waals surface area (Å²) in [6.45, 7) is 0.924. The Bertz CT molecular complexity index is 701. The van der Waals surface area contributed by atoms with E-state index >= 15 is 0 Å². The Kier molecular flexibility index (Phi) is 3.96. The summed E-state index contributed by atoms with van der Waals surface area (Å²) in [7, 11) is 2.94. The second kappa shape index (κ2) is 5.52. The highest BCUT2D eigenvalue weighted by atomic mass is 16.5. The van der Waals surface area contributed by atoms with E-state index in [2.05, 4.69) is 0 Å². The molecule has 0 saturated heterocycles. The minimum absolute atomic E-state index is 0.0448. The standard InChI is InChI=1S/C14H16O6/c1-7-9(18-2)4-10(19-3)13-12(7)8(5-15)11(6-16)20-14(13)17/h4,15-16H,5-6H2,1-3H3. The maximum Gasteiger partial charge on any atom is 0.347 e. The van der Waals surface area contributed by atoms with Gasteiger partial charge in [-0.15, -0.1) is 0 Å². The molecule has 6 nitrogen and oxygen atoms in total. The molecule has 0 bridgehead atoms. The molecule has 0 aliphatic rings. The predicted molar refractivity (Wildman–Crippen MR) is 72.2 cm³/mol. The van der Waals surface area contributed by atoms with Crippen molar-refractivity contribution in [2.45, 2.75) is 20.1 Å². The van der Waals surface area contributed by atoms with Crippen LogP contribution in [0.15, 0.2) is 15.3 Å². The van der Waals surface area contributed by atoms with Gasteiger partial charge in [0.2, 0.25) is 0 Å². The third kappa shape index (κ3) is 2.03. The first kappa shape index (κ1) is 14.4. The van der Waals surface area contributed by atoms with Crippen molar-refractivity contribution in [2.24, 2.45) is 0 Å². The highest BCUT2D eigenvalue weighted by Crippen LogP contribution is 2.36. The van der Waals surface area contributed by atoms with Gasteiger partial charge in [-0.25, -0.2) is 4.79 Å².